The van der Waals surface area contributed by atoms with Crippen molar-refractivity contribution in [1.82, 2.24) is 0 Å². The zero-order chi connectivity index (χ0) is 11.4. The minimum absolute atomic E-state index is 0.0615. The van der Waals surface area contributed by atoms with Gasteiger partial charge < -0.3 is 0 Å². The van der Waals surface area contributed by atoms with E-state index in [2.05, 4.69) is 15.9 Å². The molecule has 0 bridgehead atoms. The van der Waals surface area contributed by atoms with Crippen molar-refractivity contribution < 1.29 is 13.6 Å². The molecule has 0 aliphatic rings. The molecular formula is C10H8BrClF2O. The maximum absolute atomic E-state index is 12.6. The van der Waals surface area contributed by atoms with Gasteiger partial charge in [-0.05, 0) is 6.07 Å². The molecule has 0 atom stereocenters. The molecule has 0 saturated heterocycles. The Balaban J connectivity index is 3.18. The molecule has 0 aliphatic carbocycles. The molecule has 0 saturated carbocycles. The highest BCUT2D eigenvalue weighted by molar-refractivity contribution is 9.09. The Bertz CT molecular complexity index is 368. The van der Waals surface area contributed by atoms with Crippen molar-refractivity contribution >= 4 is 33.3 Å². The molecule has 0 aliphatic heterocycles. The summed E-state index contributed by atoms with van der Waals surface area (Å²) in [5.41, 5.74) is -0.359. The van der Waals surface area contributed by atoms with E-state index in [0.29, 0.717) is 5.33 Å². The molecule has 0 fully saturated rings. The van der Waals surface area contributed by atoms with E-state index in [9.17, 15) is 13.6 Å². The fourth-order valence-electron chi connectivity index (χ4n) is 1.23. The Hall–Kier alpha value is -0.480. The van der Waals surface area contributed by atoms with E-state index < -0.39 is 6.43 Å². The van der Waals surface area contributed by atoms with Crippen LogP contribution in [0.3, 0.4) is 0 Å². The first-order valence-electron chi connectivity index (χ1n) is 4.23. The summed E-state index contributed by atoms with van der Waals surface area (Å²) in [7, 11) is 0. The maximum atomic E-state index is 12.6. The van der Waals surface area contributed by atoms with Gasteiger partial charge in [0, 0.05) is 22.9 Å². The highest BCUT2D eigenvalue weighted by atomic mass is 79.9. The maximum Gasteiger partial charge on any atom is 0.264 e. The third-order valence-electron chi connectivity index (χ3n) is 1.88. The van der Waals surface area contributed by atoms with Gasteiger partial charge >= 0.3 is 0 Å². The summed E-state index contributed by atoms with van der Waals surface area (Å²) in [5.74, 6) is -0.368. The van der Waals surface area contributed by atoms with Gasteiger partial charge in [0.05, 0.1) is 5.02 Å². The molecule has 1 aromatic carbocycles. The van der Waals surface area contributed by atoms with Crippen molar-refractivity contribution in [3.63, 3.8) is 0 Å². The van der Waals surface area contributed by atoms with E-state index in [0.717, 1.165) is 0 Å². The highest BCUT2D eigenvalue weighted by Gasteiger charge is 2.20. The lowest BCUT2D eigenvalue weighted by Gasteiger charge is -2.08. The summed E-state index contributed by atoms with van der Waals surface area (Å²) < 4.78 is 25.2. The number of ketones is 1. The van der Waals surface area contributed by atoms with Crippen LogP contribution in [-0.2, 0) is 0 Å². The van der Waals surface area contributed by atoms with Crippen molar-refractivity contribution in [3.8, 4) is 0 Å². The van der Waals surface area contributed by atoms with Crippen molar-refractivity contribution in [2.45, 2.75) is 12.8 Å². The van der Waals surface area contributed by atoms with Crippen LogP contribution in [0.1, 0.15) is 28.8 Å². The van der Waals surface area contributed by atoms with Crippen LogP contribution in [0.15, 0.2) is 18.2 Å². The number of hydrogen-bond donors (Lipinski definition) is 0. The molecule has 0 amide bonds. The fraction of sp³-hybridized carbons (Fsp3) is 0.300. The third kappa shape index (κ3) is 2.98. The van der Waals surface area contributed by atoms with Crippen molar-refractivity contribution in [1.29, 1.82) is 0 Å². The Morgan fingerprint density at radius 3 is 2.67 bits per heavy atom. The quantitative estimate of drug-likeness (QED) is 0.600. The molecule has 82 valence electrons. The van der Waals surface area contributed by atoms with Gasteiger partial charge in [-0.2, -0.15) is 0 Å². The summed E-state index contributed by atoms with van der Waals surface area (Å²) in [6.07, 6.45) is -2.53. The second kappa shape index (κ2) is 5.56. The second-order valence-corrected chi connectivity index (χ2v) is 4.07. The van der Waals surface area contributed by atoms with Gasteiger partial charge in [-0.15, -0.1) is 0 Å². The number of alkyl halides is 3. The monoisotopic (exact) mass is 296 g/mol. The predicted molar refractivity (Wildman–Crippen MR) is 59.2 cm³/mol. The van der Waals surface area contributed by atoms with Gasteiger partial charge in [-0.25, -0.2) is 8.78 Å². The largest absolute Gasteiger partial charge is 0.294 e. The Kier molecular flexibility index (Phi) is 4.67. The number of Topliss-reactive ketones (excluding diaryl/α,β-unsaturated/α-hetero) is 1. The summed E-state index contributed by atoms with van der Waals surface area (Å²) >= 11 is 8.82. The lowest BCUT2D eigenvalue weighted by Crippen LogP contribution is -2.05. The first kappa shape index (κ1) is 12.6. The van der Waals surface area contributed by atoms with Crippen molar-refractivity contribution in [2.75, 3.05) is 5.33 Å². The molecule has 0 unspecified atom stereocenters. The van der Waals surface area contributed by atoms with Crippen LogP contribution in [0.25, 0.3) is 0 Å². The van der Waals surface area contributed by atoms with Crippen LogP contribution >= 0.6 is 27.5 Å². The van der Waals surface area contributed by atoms with E-state index in [4.69, 9.17) is 11.6 Å². The number of rotatable bonds is 4. The van der Waals surface area contributed by atoms with Crippen LogP contribution in [0.2, 0.25) is 5.02 Å². The van der Waals surface area contributed by atoms with Gasteiger partial charge in [0.2, 0.25) is 0 Å². The predicted octanol–water partition coefficient (Wildman–Crippen LogP) is 4.25. The molecule has 1 nitrogen and oxygen atoms in total. The SMILES string of the molecule is O=C(CCBr)c1c(Cl)cccc1C(F)F. The topological polar surface area (TPSA) is 17.1 Å². The molecule has 15 heavy (non-hydrogen) atoms. The van der Waals surface area contributed by atoms with Crippen molar-refractivity contribution in [2.24, 2.45) is 0 Å². The summed E-state index contributed by atoms with van der Waals surface area (Å²) in [5, 5.41) is 0.512. The summed E-state index contributed by atoms with van der Waals surface area (Å²) in [4.78, 5) is 11.5. The van der Waals surface area contributed by atoms with Crippen LogP contribution in [0.5, 0.6) is 0 Å². The van der Waals surface area contributed by atoms with E-state index in [1.807, 2.05) is 0 Å². The third-order valence-corrected chi connectivity index (χ3v) is 2.59. The molecule has 0 spiro atoms. The molecule has 0 radical (unpaired) electrons. The zero-order valence-electron chi connectivity index (χ0n) is 7.64. The summed E-state index contributed by atoms with van der Waals surface area (Å²) in [6.45, 7) is 0. The molecule has 0 heterocycles. The highest BCUT2D eigenvalue weighted by Crippen LogP contribution is 2.29. The molecule has 1 rings (SSSR count). The molecular weight excluding hydrogens is 289 g/mol. The Morgan fingerprint density at radius 2 is 2.13 bits per heavy atom. The van der Waals surface area contributed by atoms with Crippen LogP contribution in [0.4, 0.5) is 8.78 Å². The lowest BCUT2D eigenvalue weighted by atomic mass is 10.0. The van der Waals surface area contributed by atoms with Gasteiger partial charge in [-0.1, -0.05) is 39.7 Å². The first-order valence-corrected chi connectivity index (χ1v) is 5.73. The average Bonchev–Trinajstić information content (AvgIpc) is 2.17. The number of halogens is 4. The minimum Gasteiger partial charge on any atom is -0.294 e. The Morgan fingerprint density at radius 1 is 1.47 bits per heavy atom. The molecule has 0 N–H and O–H groups in total. The average molecular weight is 298 g/mol. The van der Waals surface area contributed by atoms with Gasteiger partial charge in [0.15, 0.2) is 5.78 Å². The molecule has 0 aromatic heterocycles. The van der Waals surface area contributed by atoms with Crippen LogP contribution in [0, 0.1) is 0 Å². The standard InChI is InChI=1S/C10H8BrClF2O/c11-5-4-8(15)9-6(10(13)14)2-1-3-7(9)12/h1-3,10H,4-5H2. The summed E-state index contributed by atoms with van der Waals surface area (Å²) in [6, 6.07) is 4.07. The van der Waals surface area contributed by atoms with Crippen LogP contribution < -0.4 is 0 Å². The Labute approximate surface area is 99.6 Å². The smallest absolute Gasteiger partial charge is 0.264 e. The van der Waals surface area contributed by atoms with Crippen LogP contribution in [-0.4, -0.2) is 11.1 Å². The van der Waals surface area contributed by atoms with E-state index in [-0.39, 0.29) is 28.4 Å². The molecule has 1 aromatic rings. The van der Waals surface area contributed by atoms with E-state index in [1.54, 1.807) is 0 Å². The normalized spacial score (nSPS) is 10.7. The van der Waals surface area contributed by atoms with Gasteiger partial charge in [0.1, 0.15) is 0 Å². The zero-order valence-corrected chi connectivity index (χ0v) is 9.99. The van der Waals surface area contributed by atoms with E-state index in [1.165, 1.54) is 18.2 Å². The number of hydrogen-bond acceptors (Lipinski definition) is 1. The first-order chi connectivity index (χ1) is 7.07. The van der Waals surface area contributed by atoms with Gasteiger partial charge in [-0.3, -0.25) is 4.79 Å². The van der Waals surface area contributed by atoms with Crippen molar-refractivity contribution in [3.05, 3.63) is 34.3 Å². The van der Waals surface area contributed by atoms with Gasteiger partial charge in [0.25, 0.3) is 6.43 Å². The van der Waals surface area contributed by atoms with E-state index >= 15 is 0 Å². The minimum atomic E-state index is -2.68. The second-order valence-electron chi connectivity index (χ2n) is 2.87. The lowest BCUT2D eigenvalue weighted by molar-refractivity contribution is 0.0976. The number of benzene rings is 1. The molecule has 5 heteroatoms. The fourth-order valence-corrected chi connectivity index (χ4v) is 1.88. The number of carbonyl (C=O) groups excluding carboxylic acids is 1. The number of carbonyl (C=O) groups is 1.